The van der Waals surface area contributed by atoms with E-state index in [4.69, 9.17) is 17.3 Å². The number of sulfonamides is 1. The van der Waals surface area contributed by atoms with Crippen molar-refractivity contribution in [2.24, 2.45) is 5.73 Å². The first-order valence-corrected chi connectivity index (χ1v) is 6.40. The molecule has 0 fully saturated rings. The summed E-state index contributed by atoms with van der Waals surface area (Å²) in [6.07, 6.45) is 0. The monoisotopic (exact) mass is 302 g/mol. The van der Waals surface area contributed by atoms with Gasteiger partial charge in [-0.1, -0.05) is 11.6 Å². The van der Waals surface area contributed by atoms with Crippen LogP contribution >= 0.6 is 24.0 Å². The molecule has 0 aromatic heterocycles. The smallest absolute Gasteiger partial charge is 0.242 e. The molecule has 98 valence electrons. The average molecular weight is 303 g/mol. The van der Waals surface area contributed by atoms with E-state index in [0.29, 0.717) is 0 Å². The summed E-state index contributed by atoms with van der Waals surface area (Å²) in [4.78, 5) is -0.283. The summed E-state index contributed by atoms with van der Waals surface area (Å²) in [6, 6.07) is 2.71. The zero-order chi connectivity index (χ0) is 12.3. The van der Waals surface area contributed by atoms with Crippen LogP contribution in [0.2, 0.25) is 5.02 Å². The summed E-state index contributed by atoms with van der Waals surface area (Å²) >= 11 is 5.69. The standard InChI is InChI=1S/C9H12ClFN2O2S.ClH/c1-6(5-12)13-16(14,15)9-4-7(11)2-3-8(9)10;/h2-4,6,13H,5,12H2,1H3;1H/t6-;/m0./s1. The van der Waals surface area contributed by atoms with Gasteiger partial charge in [-0.2, -0.15) is 0 Å². The molecule has 8 heteroatoms. The number of hydrogen-bond donors (Lipinski definition) is 2. The van der Waals surface area contributed by atoms with Crippen LogP contribution in [0.15, 0.2) is 23.1 Å². The van der Waals surface area contributed by atoms with Gasteiger partial charge < -0.3 is 5.73 Å². The highest BCUT2D eigenvalue weighted by Gasteiger charge is 2.20. The lowest BCUT2D eigenvalue weighted by Crippen LogP contribution is -2.37. The van der Waals surface area contributed by atoms with Gasteiger partial charge >= 0.3 is 0 Å². The van der Waals surface area contributed by atoms with Crippen LogP contribution in [0.1, 0.15) is 6.92 Å². The Balaban J connectivity index is 0.00000256. The molecule has 0 amide bonds. The maximum atomic E-state index is 12.9. The molecule has 0 heterocycles. The SMILES string of the molecule is C[C@@H](CN)NS(=O)(=O)c1cc(F)ccc1Cl.Cl. The van der Waals surface area contributed by atoms with Gasteiger partial charge in [-0.25, -0.2) is 17.5 Å². The van der Waals surface area contributed by atoms with Crippen LogP contribution in [0.25, 0.3) is 0 Å². The highest BCUT2D eigenvalue weighted by Crippen LogP contribution is 2.22. The Morgan fingerprint density at radius 1 is 1.53 bits per heavy atom. The molecule has 1 atom stereocenters. The van der Waals surface area contributed by atoms with Crippen molar-refractivity contribution in [1.29, 1.82) is 0 Å². The molecule has 0 saturated heterocycles. The number of halogens is 3. The third kappa shape index (κ3) is 4.40. The topological polar surface area (TPSA) is 72.2 Å². The summed E-state index contributed by atoms with van der Waals surface area (Å²) in [5, 5.41) is -0.0295. The highest BCUT2D eigenvalue weighted by molar-refractivity contribution is 7.89. The minimum absolute atomic E-state index is 0. The van der Waals surface area contributed by atoms with E-state index in [1.807, 2.05) is 0 Å². The third-order valence-corrected chi connectivity index (χ3v) is 3.96. The molecule has 0 aliphatic carbocycles. The molecule has 3 N–H and O–H groups in total. The Morgan fingerprint density at radius 2 is 2.12 bits per heavy atom. The largest absolute Gasteiger partial charge is 0.329 e. The Morgan fingerprint density at radius 3 is 2.65 bits per heavy atom. The molecular weight excluding hydrogens is 290 g/mol. The molecule has 0 radical (unpaired) electrons. The Kier molecular flexibility index (Phi) is 6.36. The van der Waals surface area contributed by atoms with Crippen molar-refractivity contribution in [2.75, 3.05) is 6.54 Å². The number of benzene rings is 1. The van der Waals surface area contributed by atoms with Gasteiger partial charge in [0.1, 0.15) is 10.7 Å². The van der Waals surface area contributed by atoms with Gasteiger partial charge in [0.05, 0.1) is 5.02 Å². The van der Waals surface area contributed by atoms with Crippen LogP contribution in [0.5, 0.6) is 0 Å². The molecule has 1 rings (SSSR count). The van der Waals surface area contributed by atoms with Crippen LogP contribution in [0, 0.1) is 5.82 Å². The predicted molar refractivity (Wildman–Crippen MR) is 67.5 cm³/mol. The van der Waals surface area contributed by atoms with E-state index in [1.54, 1.807) is 6.92 Å². The lowest BCUT2D eigenvalue weighted by Gasteiger charge is -2.12. The third-order valence-electron chi connectivity index (χ3n) is 1.89. The number of hydrogen-bond acceptors (Lipinski definition) is 3. The van der Waals surface area contributed by atoms with E-state index in [-0.39, 0.29) is 28.9 Å². The van der Waals surface area contributed by atoms with Crippen LogP contribution < -0.4 is 10.5 Å². The first-order valence-electron chi connectivity index (χ1n) is 4.54. The highest BCUT2D eigenvalue weighted by atomic mass is 35.5. The van der Waals surface area contributed by atoms with Crippen LogP contribution in [0.4, 0.5) is 4.39 Å². The van der Waals surface area contributed by atoms with Gasteiger partial charge in [0, 0.05) is 12.6 Å². The fourth-order valence-electron chi connectivity index (χ4n) is 1.06. The lowest BCUT2D eigenvalue weighted by atomic mass is 10.3. The molecule has 4 nitrogen and oxygen atoms in total. The second-order valence-corrected chi connectivity index (χ2v) is 5.42. The maximum Gasteiger partial charge on any atom is 0.242 e. The average Bonchev–Trinajstić information content (AvgIpc) is 2.20. The molecular formula is C9H13Cl2FN2O2S. The lowest BCUT2D eigenvalue weighted by molar-refractivity contribution is 0.560. The number of nitrogens with one attached hydrogen (secondary N) is 1. The van der Waals surface area contributed by atoms with E-state index in [0.717, 1.165) is 12.1 Å². The van der Waals surface area contributed by atoms with E-state index in [9.17, 15) is 12.8 Å². The first kappa shape index (κ1) is 16.6. The van der Waals surface area contributed by atoms with Crippen molar-refractivity contribution < 1.29 is 12.8 Å². The van der Waals surface area contributed by atoms with Crippen molar-refractivity contribution in [3.05, 3.63) is 29.0 Å². The second-order valence-electron chi connectivity index (χ2n) is 3.33. The quantitative estimate of drug-likeness (QED) is 0.886. The van der Waals surface area contributed by atoms with E-state index in [1.165, 1.54) is 6.07 Å². The maximum absolute atomic E-state index is 12.9. The van der Waals surface area contributed by atoms with Gasteiger partial charge in [0.2, 0.25) is 10.0 Å². The van der Waals surface area contributed by atoms with Crippen molar-refractivity contribution in [3.63, 3.8) is 0 Å². The van der Waals surface area contributed by atoms with E-state index >= 15 is 0 Å². The van der Waals surface area contributed by atoms with Gasteiger partial charge in [0.15, 0.2) is 0 Å². The molecule has 0 unspecified atom stereocenters. The van der Waals surface area contributed by atoms with Crippen molar-refractivity contribution in [1.82, 2.24) is 4.72 Å². The van der Waals surface area contributed by atoms with Gasteiger partial charge in [-0.15, -0.1) is 12.4 Å². The van der Waals surface area contributed by atoms with Gasteiger partial charge in [0.25, 0.3) is 0 Å². The number of nitrogens with two attached hydrogens (primary N) is 1. The Labute approximate surface area is 111 Å². The summed E-state index contributed by atoms with van der Waals surface area (Å²) in [5.41, 5.74) is 5.29. The zero-order valence-corrected chi connectivity index (χ0v) is 11.4. The van der Waals surface area contributed by atoms with Gasteiger partial charge in [-0.05, 0) is 25.1 Å². The Bertz CT molecular complexity index is 482. The first-order chi connectivity index (χ1) is 7.36. The van der Waals surface area contributed by atoms with Crippen molar-refractivity contribution >= 4 is 34.0 Å². The van der Waals surface area contributed by atoms with E-state index in [2.05, 4.69) is 4.72 Å². The fourth-order valence-corrected chi connectivity index (χ4v) is 2.83. The summed E-state index contributed by atoms with van der Waals surface area (Å²) in [5.74, 6) is -0.662. The van der Waals surface area contributed by atoms with Crippen molar-refractivity contribution in [2.45, 2.75) is 17.9 Å². The molecule has 1 aromatic carbocycles. The molecule has 1 aromatic rings. The molecule has 17 heavy (non-hydrogen) atoms. The van der Waals surface area contributed by atoms with Crippen LogP contribution in [-0.4, -0.2) is 21.0 Å². The zero-order valence-electron chi connectivity index (χ0n) is 8.98. The van der Waals surface area contributed by atoms with Crippen LogP contribution in [-0.2, 0) is 10.0 Å². The second kappa shape index (κ2) is 6.51. The molecule has 0 aliphatic rings. The minimum Gasteiger partial charge on any atom is -0.329 e. The Hall–Kier alpha value is -0.400. The van der Waals surface area contributed by atoms with Gasteiger partial charge in [-0.3, -0.25) is 0 Å². The predicted octanol–water partition coefficient (Wildman–Crippen LogP) is 1.53. The summed E-state index contributed by atoms with van der Waals surface area (Å²) in [7, 11) is -3.83. The van der Waals surface area contributed by atoms with E-state index < -0.39 is 21.9 Å². The van der Waals surface area contributed by atoms with Crippen LogP contribution in [0.3, 0.4) is 0 Å². The molecule has 0 bridgehead atoms. The molecule has 0 spiro atoms. The summed E-state index contributed by atoms with van der Waals surface area (Å²) < 4.78 is 38.7. The number of rotatable bonds is 4. The molecule has 0 aliphatic heterocycles. The fraction of sp³-hybridized carbons (Fsp3) is 0.333. The summed E-state index contributed by atoms with van der Waals surface area (Å²) in [6.45, 7) is 1.75. The normalized spacial score (nSPS) is 12.9. The molecule has 0 saturated carbocycles. The van der Waals surface area contributed by atoms with Crippen molar-refractivity contribution in [3.8, 4) is 0 Å². The minimum atomic E-state index is -3.83.